The number of hydrogen-bond acceptors (Lipinski definition) is 4. The molecule has 2 aromatic carbocycles. The van der Waals surface area contributed by atoms with E-state index in [0.29, 0.717) is 18.1 Å². The topological polar surface area (TPSA) is 101 Å². The van der Waals surface area contributed by atoms with Gasteiger partial charge in [0.2, 0.25) is 0 Å². The quantitative estimate of drug-likeness (QED) is 0.782. The molecule has 2 rings (SSSR count). The van der Waals surface area contributed by atoms with E-state index in [-0.39, 0.29) is 11.3 Å². The van der Waals surface area contributed by atoms with E-state index in [2.05, 4.69) is 0 Å². The number of nitrogens with two attached hydrogens (primary N) is 1. The Balaban J connectivity index is 0.000000224. The Labute approximate surface area is 131 Å². The van der Waals surface area contributed by atoms with Crippen molar-refractivity contribution in [3.05, 3.63) is 65.7 Å². The predicted octanol–water partition coefficient (Wildman–Crippen LogP) is 1.98. The molecule has 0 fully saturated rings. The summed E-state index contributed by atoms with van der Waals surface area (Å²) in [6.45, 7) is 0.499. The molecule has 0 aliphatic heterocycles. The predicted molar refractivity (Wildman–Crippen MR) is 87.3 cm³/mol. The Morgan fingerprint density at radius 3 is 2.14 bits per heavy atom. The third kappa shape index (κ3) is 6.51. The average molecular weight is 321 g/mol. The molecule has 118 valence electrons. The van der Waals surface area contributed by atoms with E-state index in [1.165, 1.54) is 12.1 Å². The Morgan fingerprint density at radius 2 is 1.64 bits per heavy atom. The molecule has 0 aromatic heterocycles. The Hall–Kier alpha value is -2.18. The monoisotopic (exact) mass is 321 g/mol. The normalized spacial score (nSPS) is 11.1. The lowest BCUT2D eigenvalue weighted by molar-refractivity contribution is 0.0693. The van der Waals surface area contributed by atoms with Crippen LogP contribution in [0, 0.1) is 0 Å². The third-order valence-corrected chi connectivity index (χ3v) is 4.00. The highest BCUT2D eigenvalue weighted by atomic mass is 32.2. The van der Waals surface area contributed by atoms with Crippen LogP contribution in [0.3, 0.4) is 0 Å². The number of aromatic carboxylic acids is 1. The van der Waals surface area contributed by atoms with Crippen molar-refractivity contribution in [1.82, 2.24) is 0 Å². The van der Waals surface area contributed by atoms with Gasteiger partial charge < -0.3 is 15.9 Å². The number of para-hydroxylation sites is 1. The summed E-state index contributed by atoms with van der Waals surface area (Å²) in [5, 5.41) is 17.3. The molecule has 22 heavy (non-hydrogen) atoms. The molecule has 0 saturated carbocycles. The lowest BCUT2D eigenvalue weighted by atomic mass is 10.2. The summed E-state index contributed by atoms with van der Waals surface area (Å²) in [7, 11) is -0.796. The Bertz CT molecular complexity index is 617. The zero-order valence-electron chi connectivity index (χ0n) is 12.0. The smallest absolute Gasteiger partial charge is 0.339 e. The largest absolute Gasteiger partial charge is 0.507 e. The van der Waals surface area contributed by atoms with Crippen LogP contribution in [0.25, 0.3) is 0 Å². The van der Waals surface area contributed by atoms with Gasteiger partial charge in [0.25, 0.3) is 0 Å². The van der Waals surface area contributed by atoms with Gasteiger partial charge in [-0.3, -0.25) is 4.21 Å². The van der Waals surface area contributed by atoms with Crippen LogP contribution in [0.1, 0.15) is 15.9 Å². The van der Waals surface area contributed by atoms with Crippen molar-refractivity contribution >= 4 is 16.8 Å². The van der Waals surface area contributed by atoms with Crippen LogP contribution in [0.2, 0.25) is 0 Å². The number of carboxylic acid groups (broad SMARTS) is 1. The summed E-state index contributed by atoms with van der Waals surface area (Å²) in [6, 6.07) is 15.6. The zero-order chi connectivity index (χ0) is 16.4. The van der Waals surface area contributed by atoms with Crippen molar-refractivity contribution in [2.45, 2.75) is 5.75 Å². The van der Waals surface area contributed by atoms with E-state index >= 15 is 0 Å². The van der Waals surface area contributed by atoms with Crippen LogP contribution in [0.5, 0.6) is 5.75 Å². The number of benzene rings is 2. The van der Waals surface area contributed by atoms with Crippen molar-refractivity contribution in [2.24, 2.45) is 5.73 Å². The highest BCUT2D eigenvalue weighted by Gasteiger charge is 2.05. The first-order valence-corrected chi connectivity index (χ1v) is 8.13. The van der Waals surface area contributed by atoms with Crippen LogP contribution in [-0.4, -0.2) is 32.7 Å². The summed E-state index contributed by atoms with van der Waals surface area (Å²) in [5.74, 6) is -0.0967. The fraction of sp³-hybridized carbons (Fsp3) is 0.188. The lowest BCUT2D eigenvalue weighted by Crippen LogP contribution is -2.11. The van der Waals surface area contributed by atoms with E-state index in [1.807, 2.05) is 30.3 Å². The minimum Gasteiger partial charge on any atom is -0.507 e. The minimum absolute atomic E-state index is 0.0671. The second-order valence-corrected chi connectivity index (χ2v) is 5.96. The van der Waals surface area contributed by atoms with Crippen LogP contribution in [0.15, 0.2) is 54.6 Å². The molecule has 6 heteroatoms. The second-order valence-electron chi connectivity index (χ2n) is 4.38. The van der Waals surface area contributed by atoms with Crippen molar-refractivity contribution in [2.75, 3.05) is 12.3 Å². The summed E-state index contributed by atoms with van der Waals surface area (Å²) < 4.78 is 11.2. The van der Waals surface area contributed by atoms with Gasteiger partial charge in [0.15, 0.2) is 0 Å². The lowest BCUT2D eigenvalue weighted by Gasteiger charge is -1.99. The number of phenols is 1. The standard InChI is InChI=1S/C9H13NOS.C7H6O3/c10-6-7-12(11)8-9-4-2-1-3-5-9;8-6-4-2-1-3-5(6)7(9)10/h1-5H,6-8,10H2;1-4,8H,(H,9,10). The van der Waals surface area contributed by atoms with E-state index in [1.54, 1.807) is 12.1 Å². The minimum atomic E-state index is -1.11. The first-order valence-electron chi connectivity index (χ1n) is 6.65. The van der Waals surface area contributed by atoms with E-state index < -0.39 is 16.8 Å². The third-order valence-electron chi connectivity index (χ3n) is 2.65. The molecule has 1 unspecified atom stereocenters. The van der Waals surface area contributed by atoms with Crippen LogP contribution in [0.4, 0.5) is 0 Å². The molecule has 5 nitrogen and oxygen atoms in total. The maximum Gasteiger partial charge on any atom is 0.339 e. The average Bonchev–Trinajstić information content (AvgIpc) is 2.49. The summed E-state index contributed by atoms with van der Waals surface area (Å²) in [6.07, 6.45) is 0. The van der Waals surface area contributed by atoms with E-state index in [4.69, 9.17) is 15.9 Å². The van der Waals surface area contributed by atoms with Crippen LogP contribution >= 0.6 is 0 Å². The second kappa shape index (κ2) is 9.70. The number of carboxylic acids is 1. The molecule has 0 saturated heterocycles. The maximum atomic E-state index is 11.2. The van der Waals surface area contributed by atoms with Gasteiger partial charge in [-0.05, 0) is 17.7 Å². The van der Waals surface area contributed by atoms with Crippen LogP contribution in [-0.2, 0) is 16.6 Å². The van der Waals surface area contributed by atoms with Gasteiger partial charge >= 0.3 is 5.97 Å². The van der Waals surface area contributed by atoms with Crippen molar-refractivity contribution in [3.8, 4) is 5.75 Å². The number of hydrogen-bond donors (Lipinski definition) is 3. The molecule has 0 amide bonds. The molecule has 2 aromatic rings. The molecule has 0 aliphatic rings. The molecule has 0 aliphatic carbocycles. The van der Waals surface area contributed by atoms with Crippen molar-refractivity contribution in [1.29, 1.82) is 0 Å². The molecule has 1 atom stereocenters. The van der Waals surface area contributed by atoms with Gasteiger partial charge in [0, 0.05) is 28.9 Å². The molecule has 0 bridgehead atoms. The van der Waals surface area contributed by atoms with E-state index in [0.717, 1.165) is 5.56 Å². The van der Waals surface area contributed by atoms with Gasteiger partial charge in [-0.15, -0.1) is 0 Å². The van der Waals surface area contributed by atoms with Gasteiger partial charge in [-0.2, -0.15) is 0 Å². The number of rotatable bonds is 5. The van der Waals surface area contributed by atoms with Crippen molar-refractivity contribution < 1.29 is 19.2 Å². The van der Waals surface area contributed by atoms with E-state index in [9.17, 15) is 9.00 Å². The summed E-state index contributed by atoms with van der Waals surface area (Å²) >= 11 is 0. The molecular weight excluding hydrogens is 302 g/mol. The summed E-state index contributed by atoms with van der Waals surface area (Å²) in [5.41, 5.74) is 6.34. The highest BCUT2D eigenvalue weighted by molar-refractivity contribution is 7.84. The van der Waals surface area contributed by atoms with Gasteiger partial charge in [0.05, 0.1) is 0 Å². The molecule has 0 spiro atoms. The zero-order valence-corrected chi connectivity index (χ0v) is 12.8. The summed E-state index contributed by atoms with van der Waals surface area (Å²) in [4.78, 5) is 10.3. The molecular formula is C16H19NO4S. The Morgan fingerprint density at radius 1 is 1.05 bits per heavy atom. The number of carbonyl (C=O) groups is 1. The molecule has 0 heterocycles. The molecule has 4 N–H and O–H groups in total. The Kier molecular flexibility index (Phi) is 7.88. The highest BCUT2D eigenvalue weighted by Crippen LogP contribution is 2.14. The van der Waals surface area contributed by atoms with Gasteiger partial charge in [-0.25, -0.2) is 4.79 Å². The van der Waals surface area contributed by atoms with Crippen molar-refractivity contribution in [3.63, 3.8) is 0 Å². The first-order chi connectivity index (χ1) is 10.5. The maximum absolute atomic E-state index is 11.2. The van der Waals surface area contributed by atoms with Crippen LogP contribution < -0.4 is 5.73 Å². The number of aromatic hydroxyl groups is 1. The molecule has 0 radical (unpaired) electrons. The SMILES string of the molecule is NCCS(=O)Cc1ccccc1.O=C(O)c1ccccc1O. The van der Waals surface area contributed by atoms with Gasteiger partial charge in [0.1, 0.15) is 11.3 Å². The first kappa shape index (κ1) is 17.9. The fourth-order valence-electron chi connectivity index (χ4n) is 1.62. The van der Waals surface area contributed by atoms with Gasteiger partial charge in [-0.1, -0.05) is 42.5 Å². The fourth-order valence-corrected chi connectivity index (χ4v) is 2.59.